The fourth-order valence-electron chi connectivity index (χ4n) is 2.68. The molecule has 0 aromatic heterocycles. The number of nitrogens with one attached hydrogen (secondary N) is 2. The molecule has 3 aromatic carbocycles. The predicted molar refractivity (Wildman–Crippen MR) is 115 cm³/mol. The third kappa shape index (κ3) is 5.73. The monoisotopic (exact) mass is 457 g/mol. The van der Waals surface area contributed by atoms with Crippen molar-refractivity contribution in [3.8, 4) is 0 Å². The van der Waals surface area contributed by atoms with Crippen molar-refractivity contribution in [2.75, 3.05) is 5.32 Å². The van der Waals surface area contributed by atoms with Crippen LogP contribution in [0.25, 0.3) is 6.08 Å². The standard InChI is InChI=1S/C22H14ClF2N3O4/c23-19-12-15(25)7-8-18(19)21(29)27-20(10-13-3-1-6-17(9-13)28(31)32)22(30)26-16-5-2-4-14(24)11-16/h1-12H,(H,26,30)(H,27,29)/b20-10+. The number of anilines is 1. The van der Waals surface area contributed by atoms with Crippen molar-refractivity contribution < 1.29 is 23.3 Å². The first-order valence-electron chi connectivity index (χ1n) is 9.02. The van der Waals surface area contributed by atoms with Crippen LogP contribution in [0.15, 0.2) is 72.4 Å². The number of hydrogen-bond donors (Lipinski definition) is 2. The average molecular weight is 458 g/mol. The van der Waals surface area contributed by atoms with Crippen LogP contribution >= 0.6 is 11.6 Å². The lowest BCUT2D eigenvalue weighted by atomic mass is 10.1. The second-order valence-electron chi connectivity index (χ2n) is 6.45. The lowest BCUT2D eigenvalue weighted by Crippen LogP contribution is -2.31. The van der Waals surface area contributed by atoms with Crippen molar-refractivity contribution in [2.24, 2.45) is 0 Å². The number of nitro benzene ring substituents is 1. The quantitative estimate of drug-likeness (QED) is 0.311. The largest absolute Gasteiger partial charge is 0.321 e. The zero-order chi connectivity index (χ0) is 23.3. The van der Waals surface area contributed by atoms with E-state index < -0.39 is 28.4 Å². The summed E-state index contributed by atoms with van der Waals surface area (Å²) < 4.78 is 26.7. The van der Waals surface area contributed by atoms with Crippen LogP contribution in [0.2, 0.25) is 5.02 Å². The van der Waals surface area contributed by atoms with E-state index in [1.165, 1.54) is 48.5 Å². The molecule has 10 heteroatoms. The highest BCUT2D eigenvalue weighted by atomic mass is 35.5. The fourth-order valence-corrected chi connectivity index (χ4v) is 2.93. The first kappa shape index (κ1) is 22.6. The Morgan fingerprint density at radius 1 is 0.969 bits per heavy atom. The van der Waals surface area contributed by atoms with Gasteiger partial charge in [0.25, 0.3) is 17.5 Å². The van der Waals surface area contributed by atoms with Gasteiger partial charge in [0.15, 0.2) is 0 Å². The minimum absolute atomic E-state index is 0.100. The molecular weight excluding hydrogens is 444 g/mol. The molecule has 0 aliphatic carbocycles. The van der Waals surface area contributed by atoms with Crippen molar-refractivity contribution in [1.29, 1.82) is 0 Å². The van der Waals surface area contributed by atoms with Gasteiger partial charge in [-0.3, -0.25) is 19.7 Å². The highest BCUT2D eigenvalue weighted by molar-refractivity contribution is 6.34. The van der Waals surface area contributed by atoms with Gasteiger partial charge in [0.2, 0.25) is 0 Å². The molecule has 0 saturated heterocycles. The van der Waals surface area contributed by atoms with Gasteiger partial charge in [-0.25, -0.2) is 8.78 Å². The number of nitrogens with zero attached hydrogens (tertiary/aromatic N) is 1. The molecule has 2 amide bonds. The predicted octanol–water partition coefficient (Wildman–Crippen LogP) is 4.94. The van der Waals surface area contributed by atoms with E-state index in [2.05, 4.69) is 10.6 Å². The van der Waals surface area contributed by atoms with Crippen LogP contribution in [-0.2, 0) is 4.79 Å². The van der Waals surface area contributed by atoms with Gasteiger partial charge in [0.05, 0.1) is 15.5 Å². The van der Waals surface area contributed by atoms with E-state index in [0.717, 1.165) is 24.3 Å². The highest BCUT2D eigenvalue weighted by Gasteiger charge is 2.18. The lowest BCUT2D eigenvalue weighted by Gasteiger charge is -2.12. The number of benzene rings is 3. The molecule has 3 rings (SSSR count). The first-order valence-corrected chi connectivity index (χ1v) is 9.40. The second kappa shape index (κ2) is 9.80. The van der Waals surface area contributed by atoms with Gasteiger partial charge >= 0.3 is 0 Å². The van der Waals surface area contributed by atoms with Crippen LogP contribution in [0.5, 0.6) is 0 Å². The molecule has 0 radical (unpaired) electrons. The number of halogens is 3. The van der Waals surface area contributed by atoms with Crippen molar-refractivity contribution in [1.82, 2.24) is 5.32 Å². The zero-order valence-electron chi connectivity index (χ0n) is 16.1. The minimum atomic E-state index is -0.825. The van der Waals surface area contributed by atoms with Crippen LogP contribution < -0.4 is 10.6 Å². The molecule has 162 valence electrons. The Bertz CT molecular complexity index is 1250. The molecule has 3 aromatic rings. The number of carbonyl (C=O) groups is 2. The highest BCUT2D eigenvalue weighted by Crippen LogP contribution is 2.19. The van der Waals surface area contributed by atoms with Crippen LogP contribution in [-0.4, -0.2) is 16.7 Å². The summed E-state index contributed by atoms with van der Waals surface area (Å²) in [6.07, 6.45) is 1.21. The minimum Gasteiger partial charge on any atom is -0.321 e. The summed E-state index contributed by atoms with van der Waals surface area (Å²) in [4.78, 5) is 35.9. The maximum atomic E-state index is 13.4. The van der Waals surface area contributed by atoms with Gasteiger partial charge in [-0.1, -0.05) is 29.8 Å². The maximum Gasteiger partial charge on any atom is 0.272 e. The van der Waals surface area contributed by atoms with E-state index in [9.17, 15) is 28.5 Å². The van der Waals surface area contributed by atoms with Gasteiger partial charge in [0, 0.05) is 17.8 Å². The van der Waals surface area contributed by atoms with Crippen molar-refractivity contribution in [2.45, 2.75) is 0 Å². The van der Waals surface area contributed by atoms with E-state index in [0.29, 0.717) is 0 Å². The number of amides is 2. The Hall–Kier alpha value is -4.11. The van der Waals surface area contributed by atoms with Crippen molar-refractivity contribution >= 4 is 40.9 Å². The molecule has 0 aliphatic heterocycles. The second-order valence-corrected chi connectivity index (χ2v) is 6.86. The Labute approximate surface area is 185 Å². The molecule has 0 unspecified atom stereocenters. The molecule has 0 heterocycles. The average Bonchev–Trinajstić information content (AvgIpc) is 2.73. The topological polar surface area (TPSA) is 101 Å². The number of hydrogen-bond acceptors (Lipinski definition) is 4. The first-order chi connectivity index (χ1) is 15.2. The van der Waals surface area contributed by atoms with Gasteiger partial charge in [-0.05, 0) is 48.0 Å². The maximum absolute atomic E-state index is 13.4. The van der Waals surface area contributed by atoms with Crippen LogP contribution in [0.3, 0.4) is 0 Å². The third-order valence-electron chi connectivity index (χ3n) is 4.14. The summed E-state index contributed by atoms with van der Waals surface area (Å²) in [6.45, 7) is 0. The Morgan fingerprint density at radius 3 is 2.38 bits per heavy atom. The lowest BCUT2D eigenvalue weighted by molar-refractivity contribution is -0.384. The summed E-state index contributed by atoms with van der Waals surface area (Å²) in [5, 5.41) is 15.6. The number of nitro groups is 1. The molecule has 0 spiro atoms. The zero-order valence-corrected chi connectivity index (χ0v) is 16.9. The van der Waals surface area contributed by atoms with Crippen LogP contribution in [0.1, 0.15) is 15.9 Å². The molecule has 32 heavy (non-hydrogen) atoms. The van der Waals surface area contributed by atoms with Crippen molar-refractivity contribution in [3.63, 3.8) is 0 Å². The van der Waals surface area contributed by atoms with E-state index in [-0.39, 0.29) is 33.2 Å². The molecule has 2 N–H and O–H groups in total. The molecule has 7 nitrogen and oxygen atoms in total. The van der Waals surface area contributed by atoms with E-state index in [1.807, 2.05) is 0 Å². The summed E-state index contributed by atoms with van der Waals surface area (Å²) in [7, 11) is 0. The van der Waals surface area contributed by atoms with Gasteiger partial charge in [0.1, 0.15) is 17.3 Å². The molecular formula is C22H14ClF2N3O4. The van der Waals surface area contributed by atoms with Crippen LogP contribution in [0.4, 0.5) is 20.2 Å². The third-order valence-corrected chi connectivity index (χ3v) is 4.46. The Balaban J connectivity index is 1.96. The van der Waals surface area contributed by atoms with Gasteiger partial charge in [-0.15, -0.1) is 0 Å². The number of carbonyl (C=O) groups excluding carboxylic acids is 2. The molecule has 0 atom stereocenters. The van der Waals surface area contributed by atoms with Crippen LogP contribution in [0, 0.1) is 21.7 Å². The molecule has 0 saturated carbocycles. The molecule has 0 aliphatic rings. The van der Waals surface area contributed by atoms with Gasteiger partial charge in [-0.2, -0.15) is 0 Å². The number of rotatable bonds is 6. The summed E-state index contributed by atoms with van der Waals surface area (Å²) in [5.41, 5.74) is -0.267. The van der Waals surface area contributed by atoms with Crippen molar-refractivity contribution in [3.05, 3.63) is 110 Å². The Morgan fingerprint density at radius 2 is 1.69 bits per heavy atom. The summed E-state index contributed by atoms with van der Waals surface area (Å²) in [6, 6.07) is 13.5. The van der Waals surface area contributed by atoms with E-state index >= 15 is 0 Å². The molecule has 0 fully saturated rings. The molecule has 0 bridgehead atoms. The smallest absolute Gasteiger partial charge is 0.272 e. The van der Waals surface area contributed by atoms with E-state index in [4.69, 9.17) is 11.6 Å². The number of non-ortho nitro benzene ring substituents is 1. The SMILES string of the molecule is O=C(Nc1cccc(F)c1)/C(=C\c1cccc([N+](=O)[O-])c1)NC(=O)c1ccc(F)cc1Cl. The fraction of sp³-hybridized carbons (Fsp3) is 0. The Kier molecular flexibility index (Phi) is 6.91. The van der Waals surface area contributed by atoms with Gasteiger partial charge < -0.3 is 10.6 Å². The summed E-state index contributed by atoms with van der Waals surface area (Å²) >= 11 is 5.91. The summed E-state index contributed by atoms with van der Waals surface area (Å²) in [5.74, 6) is -2.88. The van der Waals surface area contributed by atoms with E-state index in [1.54, 1.807) is 0 Å². The normalized spacial score (nSPS) is 11.0.